The number of aryl methyl sites for hydroxylation is 1. The number of ketones is 1. The van der Waals surface area contributed by atoms with E-state index in [1.54, 1.807) is 18.2 Å². The highest BCUT2D eigenvalue weighted by molar-refractivity contribution is 7.89. The van der Waals surface area contributed by atoms with Crippen LogP contribution in [0.2, 0.25) is 0 Å². The molecule has 2 aromatic rings. The van der Waals surface area contributed by atoms with Gasteiger partial charge in [0.15, 0.2) is 5.78 Å². The predicted molar refractivity (Wildman–Crippen MR) is 103 cm³/mol. The Morgan fingerprint density at radius 3 is 2.59 bits per heavy atom. The van der Waals surface area contributed by atoms with E-state index in [0.717, 1.165) is 31.6 Å². The van der Waals surface area contributed by atoms with Crippen LogP contribution < -0.4 is 9.62 Å². The van der Waals surface area contributed by atoms with Crippen LogP contribution in [-0.2, 0) is 16.6 Å². The van der Waals surface area contributed by atoms with Crippen molar-refractivity contribution in [2.45, 2.75) is 44.6 Å². The number of aromatic nitrogens is 2. The van der Waals surface area contributed by atoms with Gasteiger partial charge in [-0.2, -0.15) is 0 Å². The fourth-order valence-corrected chi connectivity index (χ4v) is 4.12. The molecule has 1 N–H and O–H groups in total. The van der Waals surface area contributed by atoms with Crippen LogP contribution in [0.5, 0.6) is 0 Å². The maximum absolute atomic E-state index is 12.6. The summed E-state index contributed by atoms with van der Waals surface area (Å²) in [7, 11) is -3.74. The first kappa shape index (κ1) is 19.4. The van der Waals surface area contributed by atoms with Crippen molar-refractivity contribution in [2.75, 3.05) is 18.0 Å². The van der Waals surface area contributed by atoms with Crippen molar-refractivity contribution >= 4 is 21.8 Å². The van der Waals surface area contributed by atoms with Gasteiger partial charge in [-0.1, -0.05) is 12.1 Å². The molecular formula is C19H24N4O3S. The normalized spacial score (nSPS) is 15.0. The lowest BCUT2D eigenvalue weighted by atomic mass is 10.1. The second kappa shape index (κ2) is 8.14. The van der Waals surface area contributed by atoms with Crippen LogP contribution in [0.4, 0.5) is 5.95 Å². The number of sulfonamides is 1. The number of anilines is 1. The number of hydrogen-bond donors (Lipinski definition) is 1. The number of rotatable bonds is 6. The number of carbonyl (C=O) groups excluding carboxylic acids is 1. The van der Waals surface area contributed by atoms with Crippen LogP contribution in [0.25, 0.3) is 0 Å². The zero-order chi connectivity index (χ0) is 19.4. The quantitative estimate of drug-likeness (QED) is 0.764. The van der Waals surface area contributed by atoms with Crippen LogP contribution in [0, 0.1) is 6.92 Å². The summed E-state index contributed by atoms with van der Waals surface area (Å²) in [5.41, 5.74) is 1.79. The smallest absolute Gasteiger partial charge is 0.240 e. The Balaban J connectivity index is 1.76. The average Bonchev–Trinajstić information content (AvgIpc) is 2.67. The first-order valence-corrected chi connectivity index (χ1v) is 10.5. The van der Waals surface area contributed by atoms with E-state index in [2.05, 4.69) is 19.6 Å². The molecular weight excluding hydrogens is 364 g/mol. The third-order valence-corrected chi connectivity index (χ3v) is 5.93. The molecule has 7 nitrogen and oxygen atoms in total. The Hall–Kier alpha value is -2.32. The van der Waals surface area contributed by atoms with Gasteiger partial charge in [-0.25, -0.2) is 23.1 Å². The van der Waals surface area contributed by atoms with Gasteiger partial charge in [-0.3, -0.25) is 4.79 Å². The average molecular weight is 388 g/mol. The molecule has 0 spiro atoms. The van der Waals surface area contributed by atoms with Gasteiger partial charge in [0.2, 0.25) is 16.0 Å². The molecule has 1 fully saturated rings. The first-order valence-electron chi connectivity index (χ1n) is 9.05. The Morgan fingerprint density at radius 1 is 1.15 bits per heavy atom. The number of Topliss-reactive ketones (excluding diaryl/α,β-unsaturated/α-hetero) is 1. The van der Waals surface area contributed by atoms with Gasteiger partial charge in [0.25, 0.3) is 0 Å². The van der Waals surface area contributed by atoms with Gasteiger partial charge in [0, 0.05) is 24.3 Å². The molecule has 0 atom stereocenters. The lowest BCUT2D eigenvalue weighted by molar-refractivity contribution is 0.101. The minimum Gasteiger partial charge on any atom is -0.341 e. The summed E-state index contributed by atoms with van der Waals surface area (Å²) in [5, 5.41) is 0. The van der Waals surface area contributed by atoms with Gasteiger partial charge in [0.1, 0.15) is 0 Å². The van der Waals surface area contributed by atoms with Crippen molar-refractivity contribution in [2.24, 2.45) is 0 Å². The van der Waals surface area contributed by atoms with E-state index in [1.807, 2.05) is 6.92 Å². The van der Waals surface area contributed by atoms with Crippen molar-refractivity contribution in [3.63, 3.8) is 0 Å². The summed E-state index contributed by atoms with van der Waals surface area (Å²) in [6, 6.07) is 7.80. The summed E-state index contributed by atoms with van der Waals surface area (Å²) in [4.78, 5) is 22.7. The highest BCUT2D eigenvalue weighted by Crippen LogP contribution is 2.17. The van der Waals surface area contributed by atoms with E-state index in [9.17, 15) is 13.2 Å². The second-order valence-electron chi connectivity index (χ2n) is 6.76. The summed E-state index contributed by atoms with van der Waals surface area (Å²) in [6.07, 6.45) is 3.45. The molecule has 0 aliphatic carbocycles. The van der Waals surface area contributed by atoms with Crippen molar-refractivity contribution in [3.8, 4) is 0 Å². The number of piperidine rings is 1. The summed E-state index contributed by atoms with van der Waals surface area (Å²) < 4.78 is 27.7. The van der Waals surface area contributed by atoms with Gasteiger partial charge in [-0.15, -0.1) is 0 Å². The lowest BCUT2D eigenvalue weighted by Gasteiger charge is -2.27. The molecule has 8 heteroatoms. The van der Waals surface area contributed by atoms with Gasteiger partial charge in [0.05, 0.1) is 17.1 Å². The Labute approximate surface area is 159 Å². The van der Waals surface area contributed by atoms with Crippen molar-refractivity contribution in [1.29, 1.82) is 0 Å². The molecule has 1 aliphatic rings. The number of hydrogen-bond acceptors (Lipinski definition) is 6. The molecule has 1 aliphatic heterocycles. The van der Waals surface area contributed by atoms with Crippen LogP contribution in [-0.4, -0.2) is 37.3 Å². The van der Waals surface area contributed by atoms with E-state index < -0.39 is 10.0 Å². The third kappa shape index (κ3) is 4.90. The van der Waals surface area contributed by atoms with E-state index in [4.69, 9.17) is 0 Å². The van der Waals surface area contributed by atoms with Gasteiger partial charge in [-0.05, 0) is 51.3 Å². The molecule has 1 aromatic heterocycles. The van der Waals surface area contributed by atoms with E-state index in [1.165, 1.54) is 25.5 Å². The molecule has 1 saturated heterocycles. The van der Waals surface area contributed by atoms with Crippen molar-refractivity contribution < 1.29 is 13.2 Å². The number of nitrogens with one attached hydrogen (secondary N) is 1. The molecule has 144 valence electrons. The van der Waals surface area contributed by atoms with Crippen molar-refractivity contribution in [1.82, 2.24) is 14.7 Å². The van der Waals surface area contributed by atoms with Crippen LogP contribution >= 0.6 is 0 Å². The van der Waals surface area contributed by atoms with E-state index >= 15 is 0 Å². The minimum atomic E-state index is -3.74. The van der Waals surface area contributed by atoms with Crippen LogP contribution in [0.3, 0.4) is 0 Å². The molecule has 0 radical (unpaired) electrons. The Kier molecular flexibility index (Phi) is 5.86. The summed E-state index contributed by atoms with van der Waals surface area (Å²) in [6.45, 7) is 5.20. The molecule has 0 saturated carbocycles. The molecule has 1 aromatic carbocycles. The first-order chi connectivity index (χ1) is 12.8. The predicted octanol–water partition coefficient (Wildman–Crippen LogP) is 2.46. The van der Waals surface area contributed by atoms with E-state index in [-0.39, 0.29) is 17.2 Å². The highest BCUT2D eigenvalue weighted by atomic mass is 32.2. The second-order valence-corrected chi connectivity index (χ2v) is 8.52. The Bertz CT molecular complexity index is 938. The zero-order valence-electron chi connectivity index (χ0n) is 15.6. The number of benzene rings is 1. The maximum Gasteiger partial charge on any atom is 0.240 e. The topological polar surface area (TPSA) is 92.3 Å². The van der Waals surface area contributed by atoms with Gasteiger partial charge >= 0.3 is 0 Å². The van der Waals surface area contributed by atoms with E-state index in [0.29, 0.717) is 17.2 Å². The van der Waals surface area contributed by atoms with Gasteiger partial charge < -0.3 is 4.90 Å². The van der Waals surface area contributed by atoms with Crippen LogP contribution in [0.15, 0.2) is 35.2 Å². The molecule has 27 heavy (non-hydrogen) atoms. The fraction of sp³-hybridized carbons (Fsp3) is 0.421. The van der Waals surface area contributed by atoms with Crippen LogP contribution in [0.1, 0.15) is 47.9 Å². The lowest BCUT2D eigenvalue weighted by Crippen LogP contribution is -2.32. The standard InChI is InChI=1S/C19H24N4O3S/c1-14-11-17(22-19(21-14)23-9-4-3-5-10-23)13-20-27(25,26)18-8-6-7-16(12-18)15(2)24/h6-8,11-12,20H,3-5,9-10,13H2,1-2H3. The highest BCUT2D eigenvalue weighted by Gasteiger charge is 2.18. The fourth-order valence-electron chi connectivity index (χ4n) is 3.08. The largest absolute Gasteiger partial charge is 0.341 e. The minimum absolute atomic E-state index is 0.0663. The molecule has 2 heterocycles. The maximum atomic E-state index is 12.6. The monoisotopic (exact) mass is 388 g/mol. The molecule has 0 unspecified atom stereocenters. The Morgan fingerprint density at radius 2 is 1.89 bits per heavy atom. The SMILES string of the molecule is CC(=O)c1cccc(S(=O)(=O)NCc2cc(C)nc(N3CCCCC3)n2)c1. The number of carbonyl (C=O) groups is 1. The van der Waals surface area contributed by atoms with Crippen molar-refractivity contribution in [3.05, 3.63) is 47.3 Å². The number of nitrogens with zero attached hydrogens (tertiary/aromatic N) is 3. The zero-order valence-corrected chi connectivity index (χ0v) is 16.4. The third-order valence-electron chi connectivity index (χ3n) is 4.53. The summed E-state index contributed by atoms with van der Waals surface area (Å²) in [5.74, 6) is 0.479. The molecule has 0 amide bonds. The molecule has 3 rings (SSSR count). The molecule has 0 bridgehead atoms. The summed E-state index contributed by atoms with van der Waals surface area (Å²) >= 11 is 0.